The molecule has 1 atom stereocenters. The first-order valence-corrected chi connectivity index (χ1v) is 8.35. The van der Waals surface area contributed by atoms with Crippen molar-refractivity contribution in [2.24, 2.45) is 0 Å². The molecule has 0 bridgehead atoms. The molecule has 0 N–H and O–H groups in total. The van der Waals surface area contributed by atoms with Crippen LogP contribution in [0.5, 0.6) is 0 Å². The Morgan fingerprint density at radius 3 is 2.38 bits per heavy atom. The van der Waals surface area contributed by atoms with E-state index in [0.29, 0.717) is 12.2 Å². The van der Waals surface area contributed by atoms with Gasteiger partial charge >= 0.3 is 5.97 Å². The minimum Gasteiger partial charge on any atom is -0.462 e. The molecule has 0 aromatic rings. The van der Waals surface area contributed by atoms with Crippen molar-refractivity contribution >= 4 is 24.4 Å². The van der Waals surface area contributed by atoms with E-state index >= 15 is 0 Å². The van der Waals surface area contributed by atoms with E-state index < -0.39 is 7.38 Å². The topological polar surface area (TPSA) is 26.3 Å². The summed E-state index contributed by atoms with van der Waals surface area (Å²) in [6.07, 6.45) is 0. The van der Waals surface area contributed by atoms with Crippen LogP contribution < -0.4 is 0 Å². The van der Waals surface area contributed by atoms with E-state index in [1.807, 2.05) is 20.0 Å². The molecule has 0 amide bonds. The van der Waals surface area contributed by atoms with Gasteiger partial charge in [-0.15, -0.1) is 0 Å². The Morgan fingerprint density at radius 1 is 1.62 bits per heavy atom. The monoisotopic (exact) mass is 220 g/mol. The molecule has 0 aromatic heterocycles. The van der Waals surface area contributed by atoms with Crippen molar-refractivity contribution in [1.29, 1.82) is 0 Å². The van der Waals surface area contributed by atoms with Crippen LogP contribution in [0.4, 0.5) is 0 Å². The highest BCUT2D eigenvalue weighted by Crippen LogP contribution is 2.25. The number of halogens is 1. The van der Waals surface area contributed by atoms with Crippen LogP contribution in [0.25, 0.3) is 0 Å². The first kappa shape index (κ1) is 12.7. The van der Waals surface area contributed by atoms with Crippen molar-refractivity contribution in [3.63, 3.8) is 0 Å². The molecule has 76 valence electrons. The van der Waals surface area contributed by atoms with E-state index in [0.717, 1.165) is 0 Å². The molecule has 0 rings (SSSR count). The molecule has 0 saturated heterocycles. The van der Waals surface area contributed by atoms with Crippen LogP contribution in [0.1, 0.15) is 13.8 Å². The van der Waals surface area contributed by atoms with Crippen molar-refractivity contribution in [3.05, 3.63) is 12.2 Å². The van der Waals surface area contributed by atoms with Gasteiger partial charge in [0, 0.05) is 5.57 Å². The summed E-state index contributed by atoms with van der Waals surface area (Å²) in [6.45, 7) is 11.6. The first-order valence-electron chi connectivity index (χ1n) is 4.26. The summed E-state index contributed by atoms with van der Waals surface area (Å²) >= 11 is 6.17. The molecule has 2 nitrogen and oxygen atoms in total. The Hall–Kier alpha value is -0.283. The largest absolute Gasteiger partial charge is 0.462 e. The van der Waals surface area contributed by atoms with Gasteiger partial charge in [0.2, 0.25) is 0 Å². The molecule has 0 aliphatic rings. The zero-order chi connectivity index (χ0) is 10.6. The van der Waals surface area contributed by atoms with Crippen LogP contribution in [0.2, 0.25) is 18.6 Å². The predicted octanol–water partition coefficient (Wildman–Crippen LogP) is 2.94. The summed E-state index contributed by atoms with van der Waals surface area (Å²) < 4.78 is 5.00. The van der Waals surface area contributed by atoms with Gasteiger partial charge in [-0.3, -0.25) is 0 Å². The molecule has 1 unspecified atom stereocenters. The van der Waals surface area contributed by atoms with E-state index in [1.165, 1.54) is 0 Å². The van der Waals surface area contributed by atoms with Gasteiger partial charge in [0.15, 0.2) is 7.38 Å². The maximum Gasteiger partial charge on any atom is 0.333 e. The van der Waals surface area contributed by atoms with Crippen LogP contribution >= 0.6 is 11.1 Å². The molecule has 0 aromatic carbocycles. The molecular weight excluding hydrogens is 204 g/mol. The van der Waals surface area contributed by atoms with Crippen molar-refractivity contribution in [2.45, 2.75) is 32.5 Å². The zero-order valence-corrected chi connectivity index (χ0v) is 10.4. The van der Waals surface area contributed by atoms with Crippen molar-refractivity contribution < 1.29 is 9.53 Å². The van der Waals surface area contributed by atoms with Gasteiger partial charge in [-0.05, 0) is 12.5 Å². The predicted molar refractivity (Wildman–Crippen MR) is 58.5 cm³/mol. The van der Waals surface area contributed by atoms with E-state index in [9.17, 15) is 4.79 Å². The van der Waals surface area contributed by atoms with Gasteiger partial charge < -0.3 is 4.74 Å². The van der Waals surface area contributed by atoms with Crippen LogP contribution in [-0.4, -0.2) is 20.0 Å². The minimum absolute atomic E-state index is 0.262. The second kappa shape index (κ2) is 4.82. The lowest BCUT2D eigenvalue weighted by Crippen LogP contribution is -2.27. The number of ether oxygens (including phenoxy) is 1. The normalized spacial score (nSPS) is 13.6. The summed E-state index contributed by atoms with van der Waals surface area (Å²) in [7, 11) is -1.70. The number of carbonyl (C=O) groups excluding carboxylic acids is 1. The second-order valence-corrected chi connectivity index (χ2v) is 10.9. The second-order valence-electron chi connectivity index (χ2n) is 3.84. The molecule has 0 saturated carbocycles. The molecule has 0 radical (unpaired) electrons. The molecule has 4 heteroatoms. The van der Waals surface area contributed by atoms with Crippen LogP contribution in [-0.2, 0) is 9.53 Å². The van der Waals surface area contributed by atoms with Gasteiger partial charge in [0.05, 0.1) is 6.61 Å². The molecule has 0 heterocycles. The Labute approximate surface area is 85.6 Å². The van der Waals surface area contributed by atoms with Crippen molar-refractivity contribution in [1.82, 2.24) is 0 Å². The third-order valence-electron chi connectivity index (χ3n) is 1.98. The average molecular weight is 221 g/mol. The molecule has 13 heavy (non-hydrogen) atoms. The summed E-state index contributed by atoms with van der Waals surface area (Å²) in [4.78, 5) is 11.0. The molecule has 0 aliphatic heterocycles. The minimum atomic E-state index is -1.70. The Bertz CT molecular complexity index is 208. The number of hydrogen-bond donors (Lipinski definition) is 0. The summed E-state index contributed by atoms with van der Waals surface area (Å²) in [5, 5.41) is 0. The highest BCUT2D eigenvalue weighted by atomic mass is 35.6. The van der Waals surface area contributed by atoms with Crippen LogP contribution in [0, 0.1) is 0 Å². The van der Waals surface area contributed by atoms with Crippen molar-refractivity contribution in [2.75, 3.05) is 6.61 Å². The zero-order valence-electron chi connectivity index (χ0n) is 8.69. The fourth-order valence-electron chi connectivity index (χ4n) is 0.522. The maximum absolute atomic E-state index is 11.0. The van der Waals surface area contributed by atoms with E-state index in [-0.39, 0.29) is 11.5 Å². The van der Waals surface area contributed by atoms with Gasteiger partial charge in [0.1, 0.15) is 0 Å². The van der Waals surface area contributed by atoms with E-state index in [4.69, 9.17) is 15.8 Å². The first-order chi connectivity index (χ1) is 5.75. The quantitative estimate of drug-likeness (QED) is 0.315. The maximum atomic E-state index is 11.0. The van der Waals surface area contributed by atoms with Crippen LogP contribution in [0.3, 0.4) is 0 Å². The number of rotatable bonds is 4. The summed E-state index contributed by atoms with van der Waals surface area (Å²) in [6, 6.07) is 0. The molecule has 0 aliphatic carbocycles. The Morgan fingerprint density at radius 2 is 2.08 bits per heavy atom. The lowest BCUT2D eigenvalue weighted by Gasteiger charge is -2.21. The fourth-order valence-corrected chi connectivity index (χ4v) is 1.19. The molecular formula is C9H17ClO2Si. The lowest BCUT2D eigenvalue weighted by atomic mass is 10.4. The third kappa shape index (κ3) is 5.11. The number of hydrogen-bond acceptors (Lipinski definition) is 2. The Kier molecular flexibility index (Phi) is 4.71. The molecule has 0 fully saturated rings. The third-order valence-corrected chi connectivity index (χ3v) is 5.61. The highest BCUT2D eigenvalue weighted by molar-refractivity contribution is 7.19. The summed E-state index contributed by atoms with van der Waals surface area (Å²) in [5.74, 6) is -0.332. The highest BCUT2D eigenvalue weighted by Gasteiger charge is 2.26. The van der Waals surface area contributed by atoms with E-state index in [1.54, 1.807) is 6.92 Å². The summed E-state index contributed by atoms with van der Waals surface area (Å²) in [5.41, 5.74) is 0.693. The standard InChI is InChI=1S/C9H17ClO2Si/c1-7(2)9(11)12-6-8(3)13(4,5)10/h8H,1,6H2,2-5H3. The molecule has 0 spiro atoms. The smallest absolute Gasteiger partial charge is 0.333 e. The van der Waals surface area contributed by atoms with Gasteiger partial charge in [-0.1, -0.05) is 26.6 Å². The fraction of sp³-hybridized carbons (Fsp3) is 0.667. The van der Waals surface area contributed by atoms with Crippen molar-refractivity contribution in [3.8, 4) is 0 Å². The number of esters is 1. The van der Waals surface area contributed by atoms with Crippen LogP contribution in [0.15, 0.2) is 12.2 Å². The average Bonchev–Trinajstić information content (AvgIpc) is 1.97. The Balaban J connectivity index is 3.91. The SMILES string of the molecule is C=C(C)C(=O)OCC(C)[Si](C)(C)Cl. The van der Waals surface area contributed by atoms with Gasteiger partial charge in [-0.2, -0.15) is 11.1 Å². The van der Waals surface area contributed by atoms with Gasteiger partial charge in [-0.25, -0.2) is 4.79 Å². The number of carbonyl (C=O) groups is 1. The van der Waals surface area contributed by atoms with Gasteiger partial charge in [0.25, 0.3) is 0 Å². The van der Waals surface area contributed by atoms with E-state index in [2.05, 4.69) is 6.58 Å². The lowest BCUT2D eigenvalue weighted by molar-refractivity contribution is -0.138.